The van der Waals surface area contributed by atoms with E-state index in [9.17, 15) is 5.11 Å². The van der Waals surface area contributed by atoms with Crippen molar-refractivity contribution in [3.05, 3.63) is 23.4 Å². The van der Waals surface area contributed by atoms with Gasteiger partial charge in [0.2, 0.25) is 0 Å². The third-order valence-electron chi connectivity index (χ3n) is 8.79. The van der Waals surface area contributed by atoms with Crippen LogP contribution in [0.4, 0.5) is 5.82 Å². The Balaban J connectivity index is 1.35. The van der Waals surface area contributed by atoms with Crippen molar-refractivity contribution in [2.75, 3.05) is 44.4 Å². The number of nitrogens with zero attached hydrogens (tertiary/aromatic N) is 6. The van der Waals surface area contributed by atoms with Gasteiger partial charge in [0.1, 0.15) is 17.0 Å². The van der Waals surface area contributed by atoms with Crippen LogP contribution in [-0.2, 0) is 15.1 Å². The zero-order chi connectivity index (χ0) is 25.9. The lowest BCUT2D eigenvalue weighted by Gasteiger charge is -2.40. The average Bonchev–Trinajstić information content (AvgIpc) is 3.58. The highest BCUT2D eigenvalue weighted by Crippen LogP contribution is 2.44. The Bertz CT molecular complexity index is 1310. The minimum absolute atomic E-state index is 0.0814. The Kier molecular flexibility index (Phi) is 6.43. The number of rotatable bonds is 5. The fourth-order valence-corrected chi connectivity index (χ4v) is 7.37. The molecule has 3 aliphatic heterocycles. The number of anilines is 1. The number of aliphatic hydroxyl groups is 1. The molecule has 9 nitrogen and oxygen atoms in total. The smallest absolute Gasteiger partial charge is 0.150 e. The van der Waals surface area contributed by atoms with Crippen LogP contribution in [0.1, 0.15) is 69.4 Å². The summed E-state index contributed by atoms with van der Waals surface area (Å²) < 4.78 is 19.8. The third-order valence-corrected chi connectivity index (χ3v) is 9.66. The van der Waals surface area contributed by atoms with Gasteiger partial charge in [-0.05, 0) is 82.5 Å². The molecule has 38 heavy (non-hydrogen) atoms. The van der Waals surface area contributed by atoms with Crippen molar-refractivity contribution < 1.29 is 14.6 Å². The van der Waals surface area contributed by atoms with Crippen LogP contribution in [0.2, 0.25) is 0 Å². The molecule has 0 aromatic carbocycles. The molecule has 4 aliphatic rings. The molecule has 6 heterocycles. The monoisotopic (exact) mass is 538 g/mol. The minimum atomic E-state index is -0.886. The van der Waals surface area contributed by atoms with E-state index in [2.05, 4.69) is 28.9 Å². The fourth-order valence-electron chi connectivity index (χ4n) is 6.43. The fraction of sp³-hybridized carbons (Fsp3) is 0.679. The molecule has 0 radical (unpaired) electrons. The molecule has 7 rings (SSSR count). The largest absolute Gasteiger partial charge is 0.385 e. The first kappa shape index (κ1) is 24.9. The van der Waals surface area contributed by atoms with Gasteiger partial charge in [0.05, 0.1) is 40.9 Å². The van der Waals surface area contributed by atoms with E-state index in [4.69, 9.17) is 23.9 Å². The normalized spacial score (nSPS) is 26.8. The summed E-state index contributed by atoms with van der Waals surface area (Å²) in [5, 5.41) is 17.0. The van der Waals surface area contributed by atoms with Gasteiger partial charge >= 0.3 is 0 Å². The summed E-state index contributed by atoms with van der Waals surface area (Å²) in [6, 6.07) is 5.18. The second kappa shape index (κ2) is 9.82. The van der Waals surface area contributed by atoms with Gasteiger partial charge in [0, 0.05) is 37.8 Å². The predicted octanol–water partition coefficient (Wildman–Crippen LogP) is 4.23. The molecule has 3 saturated heterocycles. The Morgan fingerprint density at radius 1 is 1.08 bits per heavy atom. The molecule has 204 valence electrons. The molecular weight excluding hydrogens is 500 g/mol. The molecule has 0 bridgehead atoms. The lowest BCUT2D eigenvalue weighted by molar-refractivity contribution is -0.0385. The summed E-state index contributed by atoms with van der Waals surface area (Å²) in [4.78, 5) is 10.1. The van der Waals surface area contributed by atoms with Gasteiger partial charge in [0.15, 0.2) is 6.23 Å². The van der Waals surface area contributed by atoms with Gasteiger partial charge in [0.25, 0.3) is 0 Å². The third kappa shape index (κ3) is 4.44. The Morgan fingerprint density at radius 2 is 1.92 bits per heavy atom. The molecule has 0 spiro atoms. The van der Waals surface area contributed by atoms with Crippen LogP contribution in [-0.4, -0.2) is 80.7 Å². The van der Waals surface area contributed by atoms with Gasteiger partial charge in [-0.2, -0.15) is 9.47 Å². The maximum atomic E-state index is 12.1. The summed E-state index contributed by atoms with van der Waals surface area (Å²) in [5.41, 5.74) is 3.68. The predicted molar refractivity (Wildman–Crippen MR) is 148 cm³/mol. The number of aryl methyl sites for hydroxylation is 1. The van der Waals surface area contributed by atoms with Crippen LogP contribution < -0.4 is 4.90 Å². The van der Waals surface area contributed by atoms with Crippen molar-refractivity contribution in [1.29, 1.82) is 0 Å². The van der Waals surface area contributed by atoms with Crippen molar-refractivity contribution in [2.45, 2.75) is 82.7 Å². The van der Waals surface area contributed by atoms with E-state index >= 15 is 0 Å². The Labute approximate surface area is 227 Å². The number of ether oxygens (including phenoxy) is 2. The van der Waals surface area contributed by atoms with Gasteiger partial charge < -0.3 is 24.4 Å². The number of fused-ring (bicyclic) bond motifs is 1. The van der Waals surface area contributed by atoms with Crippen LogP contribution >= 0.6 is 11.5 Å². The summed E-state index contributed by atoms with van der Waals surface area (Å²) in [6.07, 6.45) is 7.16. The molecule has 1 aliphatic carbocycles. The van der Waals surface area contributed by atoms with Crippen LogP contribution in [0.5, 0.6) is 0 Å². The van der Waals surface area contributed by atoms with E-state index in [-0.39, 0.29) is 12.3 Å². The van der Waals surface area contributed by atoms with Gasteiger partial charge in [-0.1, -0.05) is 0 Å². The van der Waals surface area contributed by atoms with Gasteiger partial charge in [-0.15, -0.1) is 0 Å². The van der Waals surface area contributed by atoms with Crippen molar-refractivity contribution in [3.8, 4) is 11.4 Å². The molecule has 3 aromatic heterocycles. The quantitative estimate of drug-likeness (QED) is 0.516. The van der Waals surface area contributed by atoms with Gasteiger partial charge in [-0.25, -0.2) is 9.67 Å². The Hall–Kier alpha value is -2.11. The molecular formula is C28H38N6O3S. The van der Waals surface area contributed by atoms with Crippen LogP contribution in [0.25, 0.3) is 21.6 Å². The topological polar surface area (TPSA) is 88.8 Å². The zero-order valence-corrected chi connectivity index (χ0v) is 23.3. The highest BCUT2D eigenvalue weighted by molar-refractivity contribution is 7.13. The zero-order valence-electron chi connectivity index (χ0n) is 22.4. The molecule has 0 amide bonds. The number of piperidine rings is 1. The molecule has 1 N–H and O–H groups in total. The maximum absolute atomic E-state index is 12.1. The summed E-state index contributed by atoms with van der Waals surface area (Å²) in [6.45, 7) is 8.97. The second-order valence-electron chi connectivity index (χ2n) is 11.6. The second-order valence-corrected chi connectivity index (χ2v) is 12.4. The minimum Gasteiger partial charge on any atom is -0.385 e. The first-order chi connectivity index (χ1) is 18.5. The molecule has 1 unspecified atom stereocenters. The number of hydrogen-bond acceptors (Lipinski definition) is 9. The summed E-state index contributed by atoms with van der Waals surface area (Å²) in [7, 11) is 0. The lowest BCUT2D eigenvalue weighted by atomic mass is 9.84. The van der Waals surface area contributed by atoms with E-state index in [0.29, 0.717) is 13.2 Å². The first-order valence-corrected chi connectivity index (χ1v) is 15.1. The number of aromatic nitrogens is 4. The molecule has 4 fully saturated rings. The van der Waals surface area contributed by atoms with Crippen LogP contribution in [0.15, 0.2) is 12.1 Å². The van der Waals surface area contributed by atoms with E-state index in [0.717, 1.165) is 103 Å². The number of likely N-dealkylation sites (tertiary alicyclic amines) is 1. The lowest BCUT2D eigenvalue weighted by Crippen LogP contribution is -2.45. The molecule has 2 atom stereocenters. The highest BCUT2D eigenvalue weighted by Gasteiger charge is 2.41. The summed E-state index contributed by atoms with van der Waals surface area (Å²) >= 11 is 1.46. The molecule has 1 saturated carbocycles. The van der Waals surface area contributed by atoms with Crippen LogP contribution in [0.3, 0.4) is 0 Å². The SMILES string of the molecule is Cc1cc(-c2nsc3c(C4(O)CCN(C5CC5)CC4)cc(N4CCOC[C@H]4C)nc23)n(C2CCCCO2)n1. The van der Waals surface area contributed by atoms with E-state index in [1.807, 2.05) is 11.6 Å². The highest BCUT2D eigenvalue weighted by atomic mass is 32.1. The van der Waals surface area contributed by atoms with Gasteiger partial charge in [-0.3, -0.25) is 0 Å². The average molecular weight is 539 g/mol. The first-order valence-electron chi connectivity index (χ1n) is 14.3. The van der Waals surface area contributed by atoms with Crippen molar-refractivity contribution >= 4 is 27.6 Å². The standard InChI is InChI=1S/C28H38N6O3S/c1-18-15-22(34(30-18)24-5-3-4-13-37-24)25-26-27(38-31-25)21(16-23(29-26)33-12-14-36-17-19(33)2)28(35)8-10-32(11-9-28)20-6-7-20/h15-16,19-20,24,35H,3-14,17H2,1-2H3/t19-,24?/m1/s1. The molecule has 3 aromatic rings. The number of hydrogen-bond donors (Lipinski definition) is 1. The number of morpholine rings is 1. The van der Waals surface area contributed by atoms with Crippen LogP contribution in [0, 0.1) is 6.92 Å². The van der Waals surface area contributed by atoms with E-state index in [1.165, 1.54) is 24.4 Å². The van der Waals surface area contributed by atoms with Crippen molar-refractivity contribution in [1.82, 2.24) is 24.0 Å². The Morgan fingerprint density at radius 3 is 2.66 bits per heavy atom. The van der Waals surface area contributed by atoms with Crippen molar-refractivity contribution in [2.24, 2.45) is 0 Å². The van der Waals surface area contributed by atoms with E-state index in [1.54, 1.807) is 0 Å². The van der Waals surface area contributed by atoms with E-state index < -0.39 is 5.60 Å². The number of pyridine rings is 1. The maximum Gasteiger partial charge on any atom is 0.150 e. The molecule has 10 heteroatoms. The van der Waals surface area contributed by atoms with Crippen molar-refractivity contribution in [3.63, 3.8) is 0 Å². The summed E-state index contributed by atoms with van der Waals surface area (Å²) in [5.74, 6) is 0.902.